The van der Waals surface area contributed by atoms with Crippen LogP contribution in [0.1, 0.15) is 175 Å². The van der Waals surface area contributed by atoms with Gasteiger partial charge in [0.2, 0.25) is 0 Å². The molecule has 11 nitrogen and oxygen atoms in total. The summed E-state index contributed by atoms with van der Waals surface area (Å²) < 4.78 is 32.5. The third-order valence-electron chi connectivity index (χ3n) is 10.8. The predicted octanol–water partition coefficient (Wildman–Crippen LogP) is 8.11. The number of piperidine rings is 4. The van der Waals surface area contributed by atoms with Gasteiger partial charge in [0.25, 0.3) is 0 Å². The molecule has 4 aliphatic heterocycles. The zero-order chi connectivity index (χ0) is 44.2. The largest absolute Gasteiger partial charge is 0.462 e. The zero-order valence-electron chi connectivity index (χ0n) is 40.9. The first kappa shape index (κ1) is 54.1. The number of esters is 1. The van der Waals surface area contributed by atoms with E-state index in [9.17, 15) is 4.79 Å². The van der Waals surface area contributed by atoms with Gasteiger partial charge in [-0.25, -0.2) is 0 Å². The number of carbonyl (C=O) groups excluding carboxylic acids is 1. The lowest BCUT2D eigenvalue weighted by atomic mass is 9.81. The maximum Gasteiger partial charge on any atom is 0.302 e. The molecule has 0 spiro atoms. The van der Waals surface area contributed by atoms with E-state index in [1.165, 1.54) is 6.92 Å². The fraction of sp³-hybridized carbons (Fsp3) is 0.978. The van der Waals surface area contributed by atoms with Crippen molar-refractivity contribution in [2.24, 2.45) is 0 Å². The van der Waals surface area contributed by atoms with Crippen LogP contribution in [0, 0.1) is 0 Å². The lowest BCUT2D eigenvalue weighted by Crippen LogP contribution is -2.59. The molecule has 57 heavy (non-hydrogen) atoms. The molecule has 0 aromatic heterocycles. The van der Waals surface area contributed by atoms with E-state index in [2.05, 4.69) is 132 Å². The SMILES string of the molecule is CC(=O)OC1CC(C)(C)NC(C)(C)C1.COC1CC(C)(C)NC(C)(C)C1.COCCCOC1CC(C)(C)NC(C)(C)C1.COCCOC1CC(C)(C)NC(C)(C)C1. The monoisotopic (exact) mass is 815 g/mol. The van der Waals surface area contributed by atoms with Gasteiger partial charge in [-0.2, -0.15) is 0 Å². The van der Waals surface area contributed by atoms with E-state index in [1.54, 1.807) is 14.2 Å². The number of carbonyl (C=O) groups is 1. The quantitative estimate of drug-likeness (QED) is 0.120. The molecular weight excluding hydrogens is 721 g/mol. The molecular formula is C46H94N4O7. The van der Waals surface area contributed by atoms with Crippen LogP contribution < -0.4 is 21.3 Å². The molecule has 340 valence electrons. The van der Waals surface area contributed by atoms with Crippen molar-refractivity contribution in [2.75, 3.05) is 47.8 Å². The van der Waals surface area contributed by atoms with Crippen molar-refractivity contribution in [3.05, 3.63) is 0 Å². The summed E-state index contributed by atoms with van der Waals surface area (Å²) in [5.74, 6) is -0.177. The summed E-state index contributed by atoms with van der Waals surface area (Å²) in [5.41, 5.74) is 1.19. The van der Waals surface area contributed by atoms with Gasteiger partial charge in [-0.15, -0.1) is 0 Å². The Morgan fingerprint density at radius 3 is 0.982 bits per heavy atom. The first-order valence-electron chi connectivity index (χ1n) is 21.8. The van der Waals surface area contributed by atoms with E-state index >= 15 is 0 Å². The highest BCUT2D eigenvalue weighted by atomic mass is 16.5. The lowest BCUT2D eigenvalue weighted by Gasteiger charge is -2.46. The van der Waals surface area contributed by atoms with E-state index in [-0.39, 0.29) is 56.4 Å². The van der Waals surface area contributed by atoms with Crippen LogP contribution in [0.15, 0.2) is 0 Å². The van der Waals surface area contributed by atoms with Gasteiger partial charge in [0.1, 0.15) is 6.10 Å². The van der Waals surface area contributed by atoms with Crippen LogP contribution in [0.4, 0.5) is 0 Å². The second-order valence-electron chi connectivity index (χ2n) is 22.6. The zero-order valence-corrected chi connectivity index (χ0v) is 40.9. The van der Waals surface area contributed by atoms with E-state index in [0.29, 0.717) is 31.5 Å². The molecule has 4 aliphatic rings. The summed E-state index contributed by atoms with van der Waals surface area (Å²) in [6.07, 6.45) is 10.5. The molecule has 0 unspecified atom stereocenters. The Hall–Kier alpha value is -0.890. The molecule has 4 heterocycles. The van der Waals surface area contributed by atoms with Gasteiger partial charge in [-0.3, -0.25) is 4.79 Å². The summed E-state index contributed by atoms with van der Waals surface area (Å²) in [5, 5.41) is 14.5. The van der Waals surface area contributed by atoms with Gasteiger partial charge in [-0.1, -0.05) is 0 Å². The van der Waals surface area contributed by atoms with Gasteiger partial charge >= 0.3 is 5.97 Å². The number of hydrogen-bond donors (Lipinski definition) is 4. The molecule has 4 N–H and O–H groups in total. The van der Waals surface area contributed by atoms with Crippen LogP contribution in [0.25, 0.3) is 0 Å². The van der Waals surface area contributed by atoms with E-state index in [4.69, 9.17) is 28.4 Å². The fourth-order valence-corrected chi connectivity index (χ4v) is 10.4. The topological polar surface area (TPSA) is 121 Å². The molecule has 4 saturated heterocycles. The number of methoxy groups -OCH3 is 3. The third kappa shape index (κ3) is 24.2. The third-order valence-corrected chi connectivity index (χ3v) is 10.8. The Morgan fingerprint density at radius 2 is 0.702 bits per heavy atom. The Morgan fingerprint density at radius 1 is 0.421 bits per heavy atom. The average molecular weight is 815 g/mol. The molecule has 0 aromatic rings. The molecule has 0 saturated carbocycles. The average Bonchev–Trinajstić information content (AvgIpc) is 2.94. The highest BCUT2D eigenvalue weighted by Crippen LogP contribution is 2.33. The van der Waals surface area contributed by atoms with Crippen molar-refractivity contribution >= 4 is 5.97 Å². The number of hydrogen-bond acceptors (Lipinski definition) is 11. The number of rotatable bonds is 11. The molecule has 0 aliphatic carbocycles. The van der Waals surface area contributed by atoms with Crippen molar-refractivity contribution < 1.29 is 33.2 Å². The van der Waals surface area contributed by atoms with Crippen molar-refractivity contribution in [2.45, 2.75) is 244 Å². The van der Waals surface area contributed by atoms with E-state index < -0.39 is 0 Å². The highest BCUT2D eigenvalue weighted by molar-refractivity contribution is 5.66. The Bertz CT molecular complexity index is 1100. The lowest BCUT2D eigenvalue weighted by molar-refractivity contribution is -0.150. The molecule has 0 radical (unpaired) electrons. The van der Waals surface area contributed by atoms with E-state index in [0.717, 1.165) is 71.0 Å². The number of nitrogens with one attached hydrogen (secondary N) is 4. The summed E-state index contributed by atoms with van der Waals surface area (Å²) in [4.78, 5) is 10.9. The van der Waals surface area contributed by atoms with Gasteiger partial charge in [-0.05, 0) is 156 Å². The van der Waals surface area contributed by atoms with Gasteiger partial charge < -0.3 is 49.7 Å². The minimum atomic E-state index is -0.177. The Kier molecular flexibility index (Phi) is 21.2. The van der Waals surface area contributed by atoms with Crippen molar-refractivity contribution in [1.29, 1.82) is 0 Å². The van der Waals surface area contributed by atoms with Crippen LogP contribution in [0.3, 0.4) is 0 Å². The van der Waals surface area contributed by atoms with Crippen molar-refractivity contribution in [3.8, 4) is 0 Å². The van der Waals surface area contributed by atoms with Crippen molar-refractivity contribution in [3.63, 3.8) is 0 Å². The summed E-state index contributed by atoms with van der Waals surface area (Å²) in [6, 6.07) is 0. The van der Waals surface area contributed by atoms with Crippen LogP contribution >= 0.6 is 0 Å². The first-order chi connectivity index (χ1) is 25.7. The molecule has 0 amide bonds. The molecule has 11 heteroatoms. The number of ether oxygens (including phenoxy) is 6. The van der Waals surface area contributed by atoms with Crippen LogP contribution in [0.5, 0.6) is 0 Å². The van der Waals surface area contributed by atoms with E-state index in [1.807, 2.05) is 7.11 Å². The molecule has 0 aromatic carbocycles. The second kappa shape index (κ2) is 22.3. The maximum absolute atomic E-state index is 10.9. The summed E-state index contributed by atoms with van der Waals surface area (Å²) >= 11 is 0. The fourth-order valence-electron chi connectivity index (χ4n) is 10.4. The second-order valence-corrected chi connectivity index (χ2v) is 22.6. The summed E-state index contributed by atoms with van der Waals surface area (Å²) in [6.45, 7) is 39.9. The first-order valence-corrected chi connectivity index (χ1v) is 21.8. The van der Waals surface area contributed by atoms with Gasteiger partial charge in [0.15, 0.2) is 0 Å². The summed E-state index contributed by atoms with van der Waals surface area (Å²) in [7, 11) is 5.25. The predicted molar refractivity (Wildman–Crippen MR) is 236 cm³/mol. The smallest absolute Gasteiger partial charge is 0.302 e. The normalized spacial score (nSPS) is 26.0. The van der Waals surface area contributed by atoms with Crippen LogP contribution in [0.2, 0.25) is 0 Å². The van der Waals surface area contributed by atoms with Crippen LogP contribution in [-0.2, 0) is 33.2 Å². The Balaban J connectivity index is 0.000000382. The molecule has 0 atom stereocenters. The van der Waals surface area contributed by atoms with Gasteiger partial charge in [0, 0.05) is 98.6 Å². The van der Waals surface area contributed by atoms with Crippen LogP contribution in [-0.4, -0.2) is 122 Å². The Labute approximate surface area is 351 Å². The van der Waals surface area contributed by atoms with Gasteiger partial charge in [0.05, 0.1) is 31.5 Å². The minimum absolute atomic E-state index is 0.0435. The highest BCUT2D eigenvalue weighted by Gasteiger charge is 2.41. The molecule has 0 bridgehead atoms. The maximum atomic E-state index is 10.9. The molecule has 4 fully saturated rings. The molecule has 4 rings (SSSR count). The minimum Gasteiger partial charge on any atom is -0.462 e. The standard InChI is InChI=1S/C13H27NO2.C12H25NO2.C11H21NO2.C10H21NO/c1-12(2)9-11(10-13(3,4)14-12)16-8-6-7-15-5;1-11(2)8-10(15-7-6-14-5)9-12(3,4)13-11;1-8(13)14-9-6-10(2,3)12-11(4,5)7-9;1-9(2)6-8(12-5)7-10(3,4)11-9/h11,14H,6-10H2,1-5H3;10,13H,6-9H2,1-5H3;9,12H,6-7H2,1-5H3;8,11H,6-7H2,1-5H3. The van der Waals surface area contributed by atoms with Crippen molar-refractivity contribution in [1.82, 2.24) is 21.3 Å².